The molecule has 1 aromatic carbocycles. The number of benzene rings is 1. The minimum absolute atomic E-state index is 0.553. The Kier molecular flexibility index (Phi) is 3.72. The van der Waals surface area contributed by atoms with Gasteiger partial charge in [-0.25, -0.2) is 0 Å². The Morgan fingerprint density at radius 1 is 1.24 bits per heavy atom. The molecule has 17 heavy (non-hydrogen) atoms. The highest BCUT2D eigenvalue weighted by atomic mass is 16.5. The second-order valence-corrected chi connectivity index (χ2v) is 4.83. The summed E-state index contributed by atoms with van der Waals surface area (Å²) in [7, 11) is 0. The van der Waals surface area contributed by atoms with E-state index in [-0.39, 0.29) is 0 Å². The Hall–Kier alpha value is -1.44. The summed E-state index contributed by atoms with van der Waals surface area (Å²) >= 11 is 0. The SMILES string of the molecule is C=C1COc2ccc(CC(C)CC)cc2OC1. The first-order valence-corrected chi connectivity index (χ1v) is 6.24. The first kappa shape index (κ1) is 12.0. The minimum Gasteiger partial charge on any atom is -0.485 e. The van der Waals surface area contributed by atoms with Crippen LogP contribution in [-0.2, 0) is 6.42 Å². The monoisotopic (exact) mass is 232 g/mol. The fraction of sp³-hybridized carbons (Fsp3) is 0.467. The number of fused-ring (bicyclic) bond motifs is 1. The Bertz CT molecular complexity index is 409. The van der Waals surface area contributed by atoms with Gasteiger partial charge < -0.3 is 9.47 Å². The molecular formula is C15H20O2. The first-order chi connectivity index (χ1) is 8.19. The number of ether oxygens (including phenoxy) is 2. The van der Waals surface area contributed by atoms with E-state index in [1.165, 1.54) is 12.0 Å². The lowest BCUT2D eigenvalue weighted by Gasteiger charge is -2.11. The maximum absolute atomic E-state index is 5.69. The van der Waals surface area contributed by atoms with Crippen molar-refractivity contribution in [1.29, 1.82) is 0 Å². The Balaban J connectivity index is 2.16. The van der Waals surface area contributed by atoms with Crippen LogP contribution in [0.2, 0.25) is 0 Å². The highest BCUT2D eigenvalue weighted by molar-refractivity contribution is 5.44. The first-order valence-electron chi connectivity index (χ1n) is 6.24. The second kappa shape index (κ2) is 5.26. The summed E-state index contributed by atoms with van der Waals surface area (Å²) in [5.74, 6) is 2.38. The molecule has 0 N–H and O–H groups in total. The molecule has 0 radical (unpaired) electrons. The molecule has 0 fully saturated rings. The van der Waals surface area contributed by atoms with Crippen molar-refractivity contribution >= 4 is 0 Å². The van der Waals surface area contributed by atoms with Gasteiger partial charge in [0.25, 0.3) is 0 Å². The molecule has 1 aliphatic rings. The van der Waals surface area contributed by atoms with E-state index in [1.807, 2.05) is 6.07 Å². The van der Waals surface area contributed by atoms with E-state index in [4.69, 9.17) is 9.47 Å². The fourth-order valence-corrected chi connectivity index (χ4v) is 1.86. The summed E-state index contributed by atoms with van der Waals surface area (Å²) in [5.41, 5.74) is 2.29. The van der Waals surface area contributed by atoms with Crippen LogP contribution >= 0.6 is 0 Å². The van der Waals surface area contributed by atoms with Crippen molar-refractivity contribution in [1.82, 2.24) is 0 Å². The zero-order valence-electron chi connectivity index (χ0n) is 10.7. The Morgan fingerprint density at radius 2 is 1.94 bits per heavy atom. The topological polar surface area (TPSA) is 18.5 Å². The maximum atomic E-state index is 5.69. The van der Waals surface area contributed by atoms with Crippen molar-refractivity contribution < 1.29 is 9.47 Å². The normalized spacial score (nSPS) is 16.5. The van der Waals surface area contributed by atoms with E-state index >= 15 is 0 Å². The minimum atomic E-state index is 0.553. The molecule has 1 heterocycles. The molecule has 0 saturated carbocycles. The summed E-state index contributed by atoms with van der Waals surface area (Å²) in [6.07, 6.45) is 2.29. The van der Waals surface area contributed by atoms with Gasteiger partial charge in [-0.15, -0.1) is 0 Å². The summed E-state index contributed by atoms with van der Waals surface area (Å²) < 4.78 is 11.3. The molecule has 0 aliphatic carbocycles. The summed E-state index contributed by atoms with van der Waals surface area (Å²) in [6.45, 7) is 9.49. The molecule has 0 bridgehead atoms. The van der Waals surface area contributed by atoms with Gasteiger partial charge in [0.2, 0.25) is 0 Å². The van der Waals surface area contributed by atoms with Crippen LogP contribution in [-0.4, -0.2) is 13.2 Å². The van der Waals surface area contributed by atoms with Crippen molar-refractivity contribution in [3.8, 4) is 11.5 Å². The van der Waals surface area contributed by atoms with Crippen molar-refractivity contribution in [3.63, 3.8) is 0 Å². The lowest BCUT2D eigenvalue weighted by Crippen LogP contribution is -2.02. The van der Waals surface area contributed by atoms with E-state index in [9.17, 15) is 0 Å². The quantitative estimate of drug-likeness (QED) is 0.741. The molecule has 1 aromatic rings. The Labute approximate surface area is 103 Å². The molecular weight excluding hydrogens is 212 g/mol. The van der Waals surface area contributed by atoms with Gasteiger partial charge in [0.15, 0.2) is 11.5 Å². The van der Waals surface area contributed by atoms with Gasteiger partial charge in [-0.05, 0) is 35.6 Å². The van der Waals surface area contributed by atoms with Crippen LogP contribution in [0.15, 0.2) is 30.4 Å². The average molecular weight is 232 g/mol. The molecule has 0 aromatic heterocycles. The zero-order valence-corrected chi connectivity index (χ0v) is 10.7. The van der Waals surface area contributed by atoms with Crippen LogP contribution in [0.3, 0.4) is 0 Å². The van der Waals surface area contributed by atoms with E-state index in [2.05, 4.69) is 32.6 Å². The Morgan fingerprint density at radius 3 is 2.65 bits per heavy atom. The van der Waals surface area contributed by atoms with Crippen LogP contribution in [0.25, 0.3) is 0 Å². The van der Waals surface area contributed by atoms with E-state index in [0.29, 0.717) is 19.1 Å². The predicted octanol–water partition coefficient (Wildman–Crippen LogP) is 3.60. The molecule has 1 unspecified atom stereocenters. The van der Waals surface area contributed by atoms with Crippen LogP contribution in [0.4, 0.5) is 0 Å². The average Bonchev–Trinajstić information content (AvgIpc) is 2.52. The standard InChI is InChI=1S/C15H20O2/c1-4-11(2)7-13-5-6-14-15(8-13)17-10-12(3)9-16-14/h5-6,8,11H,3-4,7,9-10H2,1-2H3. The van der Waals surface area contributed by atoms with Gasteiger partial charge in [0, 0.05) is 0 Å². The summed E-state index contributed by atoms with van der Waals surface area (Å²) in [5, 5.41) is 0. The van der Waals surface area contributed by atoms with Gasteiger partial charge >= 0.3 is 0 Å². The summed E-state index contributed by atoms with van der Waals surface area (Å²) in [4.78, 5) is 0. The van der Waals surface area contributed by atoms with Gasteiger partial charge in [0.1, 0.15) is 13.2 Å². The number of hydrogen-bond donors (Lipinski definition) is 0. The van der Waals surface area contributed by atoms with Crippen molar-refractivity contribution in [3.05, 3.63) is 35.9 Å². The molecule has 1 atom stereocenters. The summed E-state index contributed by atoms with van der Waals surface area (Å²) in [6, 6.07) is 6.23. The lowest BCUT2D eigenvalue weighted by molar-refractivity contribution is 0.354. The van der Waals surface area contributed by atoms with Gasteiger partial charge in [-0.1, -0.05) is 32.9 Å². The molecule has 92 valence electrons. The highest BCUT2D eigenvalue weighted by Crippen LogP contribution is 2.31. The third-order valence-corrected chi connectivity index (χ3v) is 3.15. The number of rotatable bonds is 3. The molecule has 0 amide bonds. The highest BCUT2D eigenvalue weighted by Gasteiger charge is 2.13. The molecule has 2 rings (SSSR count). The third-order valence-electron chi connectivity index (χ3n) is 3.15. The second-order valence-electron chi connectivity index (χ2n) is 4.83. The van der Waals surface area contributed by atoms with E-state index in [0.717, 1.165) is 23.5 Å². The van der Waals surface area contributed by atoms with Crippen molar-refractivity contribution in [2.24, 2.45) is 5.92 Å². The molecule has 2 heteroatoms. The van der Waals surface area contributed by atoms with E-state index in [1.54, 1.807) is 0 Å². The van der Waals surface area contributed by atoms with Crippen molar-refractivity contribution in [2.75, 3.05) is 13.2 Å². The van der Waals surface area contributed by atoms with Gasteiger partial charge in [-0.3, -0.25) is 0 Å². The fourth-order valence-electron chi connectivity index (χ4n) is 1.86. The van der Waals surface area contributed by atoms with Gasteiger partial charge in [0.05, 0.1) is 0 Å². The van der Waals surface area contributed by atoms with Crippen molar-refractivity contribution in [2.45, 2.75) is 26.7 Å². The van der Waals surface area contributed by atoms with Crippen LogP contribution in [0, 0.1) is 5.92 Å². The molecule has 2 nitrogen and oxygen atoms in total. The number of hydrogen-bond acceptors (Lipinski definition) is 2. The van der Waals surface area contributed by atoms with Crippen LogP contribution in [0.5, 0.6) is 11.5 Å². The van der Waals surface area contributed by atoms with Gasteiger partial charge in [-0.2, -0.15) is 0 Å². The van der Waals surface area contributed by atoms with Crippen LogP contribution < -0.4 is 9.47 Å². The largest absolute Gasteiger partial charge is 0.485 e. The smallest absolute Gasteiger partial charge is 0.161 e. The van der Waals surface area contributed by atoms with Crippen LogP contribution in [0.1, 0.15) is 25.8 Å². The van der Waals surface area contributed by atoms with E-state index < -0.39 is 0 Å². The third kappa shape index (κ3) is 3.02. The molecule has 0 spiro atoms. The maximum Gasteiger partial charge on any atom is 0.161 e. The zero-order chi connectivity index (χ0) is 12.3. The lowest BCUT2D eigenvalue weighted by atomic mass is 9.99. The predicted molar refractivity (Wildman–Crippen MR) is 69.7 cm³/mol. The molecule has 1 aliphatic heterocycles. The molecule has 0 saturated heterocycles.